The largest absolute Gasteiger partial charge is 0.369 e. The Labute approximate surface area is 115 Å². The van der Waals surface area contributed by atoms with E-state index in [4.69, 9.17) is 0 Å². The lowest BCUT2D eigenvalue weighted by Crippen LogP contribution is -2.05. The van der Waals surface area contributed by atoms with Gasteiger partial charge in [0.2, 0.25) is 0 Å². The quantitative estimate of drug-likeness (QED) is 0.876. The average molecular weight is 362 g/mol. The van der Waals surface area contributed by atoms with E-state index in [0.29, 0.717) is 0 Å². The lowest BCUT2D eigenvalue weighted by Gasteiger charge is -2.05. The van der Waals surface area contributed by atoms with Crippen LogP contribution < -0.4 is 5.32 Å². The van der Waals surface area contributed by atoms with Gasteiger partial charge in [-0.25, -0.2) is 4.98 Å². The summed E-state index contributed by atoms with van der Waals surface area (Å²) in [4.78, 5) is 5.62. The molecule has 0 bridgehead atoms. The van der Waals surface area contributed by atoms with Crippen LogP contribution in [0.1, 0.15) is 4.88 Å². The minimum Gasteiger partial charge on any atom is -0.369 e. The molecule has 0 aromatic carbocycles. The Kier molecular flexibility index (Phi) is 4.37. The summed E-state index contributed by atoms with van der Waals surface area (Å²) in [6, 6.07) is 8.11. The van der Waals surface area contributed by atoms with Crippen LogP contribution in [0.4, 0.5) is 5.82 Å². The van der Waals surface area contributed by atoms with Crippen LogP contribution in [-0.2, 0) is 6.42 Å². The molecule has 84 valence electrons. The minimum absolute atomic E-state index is 0.891. The highest BCUT2D eigenvalue weighted by atomic mass is 79.9. The summed E-state index contributed by atoms with van der Waals surface area (Å²) in [5.41, 5.74) is 0. The number of nitrogens with zero attached hydrogens (tertiary/aromatic N) is 1. The first-order chi connectivity index (χ1) is 7.75. The molecule has 16 heavy (non-hydrogen) atoms. The zero-order valence-corrected chi connectivity index (χ0v) is 12.4. The van der Waals surface area contributed by atoms with Crippen molar-refractivity contribution in [2.45, 2.75) is 6.42 Å². The van der Waals surface area contributed by atoms with Gasteiger partial charge < -0.3 is 5.32 Å². The molecule has 0 aliphatic heterocycles. The number of pyridine rings is 1. The first kappa shape index (κ1) is 12.1. The van der Waals surface area contributed by atoms with Crippen molar-refractivity contribution in [3.63, 3.8) is 0 Å². The van der Waals surface area contributed by atoms with Crippen LogP contribution in [0.2, 0.25) is 0 Å². The average Bonchev–Trinajstić information content (AvgIpc) is 2.67. The molecule has 0 fully saturated rings. The molecule has 0 unspecified atom stereocenters. The summed E-state index contributed by atoms with van der Waals surface area (Å²) in [7, 11) is 0. The SMILES string of the molecule is Brc1ccc(CCNc2ncccc2Br)s1. The van der Waals surface area contributed by atoms with E-state index in [9.17, 15) is 0 Å². The van der Waals surface area contributed by atoms with E-state index >= 15 is 0 Å². The van der Waals surface area contributed by atoms with Gasteiger partial charge in [-0.1, -0.05) is 0 Å². The molecule has 5 heteroatoms. The standard InChI is InChI=1S/C11H10Br2N2S/c12-9-2-1-6-14-11(9)15-7-5-8-3-4-10(13)16-8/h1-4,6H,5,7H2,(H,14,15). The van der Waals surface area contributed by atoms with E-state index in [0.717, 1.165) is 23.3 Å². The highest BCUT2D eigenvalue weighted by molar-refractivity contribution is 9.11. The van der Waals surface area contributed by atoms with Gasteiger partial charge in [-0.05, 0) is 62.5 Å². The third kappa shape index (κ3) is 3.30. The van der Waals surface area contributed by atoms with E-state index < -0.39 is 0 Å². The Bertz CT molecular complexity index is 471. The van der Waals surface area contributed by atoms with E-state index in [1.807, 2.05) is 12.1 Å². The van der Waals surface area contributed by atoms with Gasteiger partial charge in [-0.2, -0.15) is 0 Å². The summed E-state index contributed by atoms with van der Waals surface area (Å²) in [6.07, 6.45) is 2.80. The summed E-state index contributed by atoms with van der Waals surface area (Å²) >= 11 is 8.69. The van der Waals surface area contributed by atoms with Crippen molar-refractivity contribution in [3.8, 4) is 0 Å². The van der Waals surface area contributed by atoms with Crippen molar-refractivity contribution in [1.82, 2.24) is 4.98 Å². The molecule has 0 saturated heterocycles. The second-order valence-electron chi connectivity index (χ2n) is 3.22. The highest BCUT2D eigenvalue weighted by Crippen LogP contribution is 2.23. The number of hydrogen-bond donors (Lipinski definition) is 1. The number of hydrogen-bond acceptors (Lipinski definition) is 3. The second kappa shape index (κ2) is 5.80. The van der Waals surface area contributed by atoms with Crippen LogP contribution in [0.25, 0.3) is 0 Å². The Balaban J connectivity index is 1.87. The minimum atomic E-state index is 0.891. The number of thiophene rings is 1. The lowest BCUT2D eigenvalue weighted by molar-refractivity contribution is 1.03. The fourth-order valence-electron chi connectivity index (χ4n) is 1.31. The van der Waals surface area contributed by atoms with Crippen molar-refractivity contribution in [2.75, 3.05) is 11.9 Å². The van der Waals surface area contributed by atoms with E-state index in [2.05, 4.69) is 54.3 Å². The molecule has 0 spiro atoms. The molecule has 2 aromatic rings. The van der Waals surface area contributed by atoms with Crippen LogP contribution in [0.5, 0.6) is 0 Å². The van der Waals surface area contributed by atoms with Crippen molar-refractivity contribution in [3.05, 3.63) is 43.6 Å². The monoisotopic (exact) mass is 360 g/mol. The van der Waals surface area contributed by atoms with E-state index in [1.165, 1.54) is 8.66 Å². The molecule has 1 N–H and O–H groups in total. The number of nitrogens with one attached hydrogen (secondary N) is 1. The van der Waals surface area contributed by atoms with Crippen molar-refractivity contribution < 1.29 is 0 Å². The first-order valence-electron chi connectivity index (χ1n) is 4.84. The molecular weight excluding hydrogens is 352 g/mol. The molecule has 0 amide bonds. The van der Waals surface area contributed by atoms with Gasteiger partial charge in [0.25, 0.3) is 0 Å². The van der Waals surface area contributed by atoms with Gasteiger partial charge in [0, 0.05) is 17.6 Å². The van der Waals surface area contributed by atoms with Crippen LogP contribution in [-0.4, -0.2) is 11.5 Å². The predicted molar refractivity (Wildman–Crippen MR) is 76.1 cm³/mol. The molecular formula is C11H10Br2N2S. The van der Waals surface area contributed by atoms with Crippen LogP contribution in [0.15, 0.2) is 38.7 Å². The fraction of sp³-hybridized carbons (Fsp3) is 0.182. The smallest absolute Gasteiger partial charge is 0.140 e. The van der Waals surface area contributed by atoms with Gasteiger partial charge >= 0.3 is 0 Å². The number of halogens is 2. The molecule has 0 aliphatic rings. The highest BCUT2D eigenvalue weighted by Gasteiger charge is 2.00. The molecule has 0 saturated carbocycles. The topological polar surface area (TPSA) is 24.9 Å². The zero-order valence-electron chi connectivity index (χ0n) is 8.41. The first-order valence-corrected chi connectivity index (χ1v) is 7.24. The summed E-state index contributed by atoms with van der Waals surface area (Å²) in [6.45, 7) is 0.891. The summed E-state index contributed by atoms with van der Waals surface area (Å²) in [5.74, 6) is 0.901. The number of rotatable bonds is 4. The third-order valence-electron chi connectivity index (χ3n) is 2.05. The van der Waals surface area contributed by atoms with Gasteiger partial charge in [0.15, 0.2) is 0 Å². The summed E-state index contributed by atoms with van der Waals surface area (Å²) in [5, 5.41) is 3.30. The lowest BCUT2D eigenvalue weighted by atomic mass is 10.3. The molecule has 2 nitrogen and oxygen atoms in total. The number of aromatic nitrogens is 1. The molecule has 2 rings (SSSR count). The van der Waals surface area contributed by atoms with Gasteiger partial charge in [-0.15, -0.1) is 11.3 Å². The van der Waals surface area contributed by atoms with Crippen molar-refractivity contribution in [2.24, 2.45) is 0 Å². The third-order valence-corrected chi connectivity index (χ3v) is 4.37. The Hall–Kier alpha value is -0.390. The molecule has 2 aromatic heterocycles. The fourth-order valence-corrected chi connectivity index (χ4v) is 3.18. The summed E-state index contributed by atoms with van der Waals surface area (Å²) < 4.78 is 2.18. The maximum Gasteiger partial charge on any atom is 0.140 e. The number of anilines is 1. The zero-order chi connectivity index (χ0) is 11.4. The Morgan fingerprint density at radius 2 is 2.12 bits per heavy atom. The maximum atomic E-state index is 4.25. The van der Waals surface area contributed by atoms with Gasteiger partial charge in [-0.3, -0.25) is 0 Å². The van der Waals surface area contributed by atoms with Gasteiger partial charge in [0.05, 0.1) is 8.26 Å². The maximum absolute atomic E-state index is 4.25. The van der Waals surface area contributed by atoms with E-state index in [1.54, 1.807) is 17.5 Å². The van der Waals surface area contributed by atoms with Crippen molar-refractivity contribution >= 4 is 49.0 Å². The Morgan fingerprint density at radius 3 is 2.81 bits per heavy atom. The normalized spacial score (nSPS) is 10.4. The predicted octanol–water partition coefficient (Wildman–Crippen LogP) is 4.32. The molecule has 0 aliphatic carbocycles. The Morgan fingerprint density at radius 1 is 1.25 bits per heavy atom. The molecule has 2 heterocycles. The second-order valence-corrected chi connectivity index (χ2v) is 6.62. The van der Waals surface area contributed by atoms with E-state index in [-0.39, 0.29) is 0 Å². The van der Waals surface area contributed by atoms with Crippen LogP contribution in [0.3, 0.4) is 0 Å². The van der Waals surface area contributed by atoms with Gasteiger partial charge in [0.1, 0.15) is 5.82 Å². The molecule has 0 atom stereocenters. The van der Waals surface area contributed by atoms with Crippen LogP contribution >= 0.6 is 43.2 Å². The van der Waals surface area contributed by atoms with Crippen molar-refractivity contribution in [1.29, 1.82) is 0 Å². The van der Waals surface area contributed by atoms with Crippen LogP contribution in [0, 0.1) is 0 Å². The molecule has 0 radical (unpaired) electrons.